The Hall–Kier alpha value is -2.09. The van der Waals surface area contributed by atoms with Crippen LogP contribution < -0.4 is 0 Å². The lowest BCUT2D eigenvalue weighted by molar-refractivity contribution is -0.132. The van der Waals surface area contributed by atoms with E-state index in [1.54, 1.807) is 16.2 Å². The Morgan fingerprint density at radius 2 is 1.77 bits per heavy atom. The monoisotopic (exact) mass is 447 g/mol. The Morgan fingerprint density at radius 1 is 1.06 bits per heavy atom. The van der Waals surface area contributed by atoms with Crippen molar-refractivity contribution in [2.75, 3.05) is 33.2 Å². The summed E-state index contributed by atoms with van der Waals surface area (Å²) >= 11 is 1.67. The van der Waals surface area contributed by atoms with E-state index in [9.17, 15) is 14.4 Å². The molecule has 1 aliphatic carbocycles. The molecule has 2 atom stereocenters. The van der Waals surface area contributed by atoms with E-state index in [1.165, 1.54) is 37.6 Å². The van der Waals surface area contributed by atoms with Gasteiger partial charge in [-0.2, -0.15) is 0 Å². The number of piperidine rings is 2. The quantitative estimate of drug-likeness (QED) is 0.760. The summed E-state index contributed by atoms with van der Waals surface area (Å²) in [4.78, 5) is 42.7. The third-order valence-corrected chi connectivity index (χ3v) is 8.41. The lowest BCUT2D eigenvalue weighted by Gasteiger charge is -2.44. The topological polar surface area (TPSA) is 81.2 Å². The van der Waals surface area contributed by atoms with E-state index in [0.29, 0.717) is 31.0 Å². The minimum Gasteiger partial charge on any atom is -0.465 e. The summed E-state index contributed by atoms with van der Waals surface area (Å²) in [6.07, 6.45) is 7.96. The second-order valence-electron chi connectivity index (χ2n) is 9.28. The summed E-state index contributed by atoms with van der Waals surface area (Å²) in [5, 5.41) is 11.0. The average molecular weight is 448 g/mol. The third kappa shape index (κ3) is 4.89. The molecule has 2 unspecified atom stereocenters. The van der Waals surface area contributed by atoms with Crippen molar-refractivity contribution in [3.8, 4) is 0 Å². The summed E-state index contributed by atoms with van der Waals surface area (Å²) in [7, 11) is 1.41. The number of amides is 3. The number of fused-ring (bicyclic) bond motifs is 1. The van der Waals surface area contributed by atoms with Gasteiger partial charge in [0, 0.05) is 43.0 Å². The largest absolute Gasteiger partial charge is 0.465 e. The molecule has 8 heteroatoms. The molecule has 1 aromatic heterocycles. The molecule has 3 fully saturated rings. The lowest BCUT2D eigenvalue weighted by atomic mass is 9.78. The molecule has 3 aliphatic rings. The van der Waals surface area contributed by atoms with Gasteiger partial charge < -0.3 is 19.8 Å². The van der Waals surface area contributed by atoms with Crippen LogP contribution in [0.25, 0.3) is 0 Å². The summed E-state index contributed by atoms with van der Waals surface area (Å²) < 4.78 is 0. The highest BCUT2D eigenvalue weighted by atomic mass is 32.1. The standard InChI is InChI=1S/C23H33N3O4S/c1-24(23(29)30)14-21(27)25-11-8-17(9-12-25)20-13-18(15-31-20)22(28)26-10-4-6-16-5-2-3-7-19(16)26/h13,15-17,19H,2-12,14H2,1H3,(H,29,30). The molecular formula is C23H33N3O4S. The van der Waals surface area contributed by atoms with Crippen molar-refractivity contribution in [1.82, 2.24) is 14.7 Å². The maximum atomic E-state index is 13.3. The number of likely N-dealkylation sites (N-methyl/N-ethyl adjacent to an activating group) is 1. The second kappa shape index (κ2) is 9.59. The van der Waals surface area contributed by atoms with Gasteiger partial charge in [0.15, 0.2) is 0 Å². The van der Waals surface area contributed by atoms with Gasteiger partial charge in [-0.3, -0.25) is 9.59 Å². The van der Waals surface area contributed by atoms with Crippen molar-refractivity contribution in [2.24, 2.45) is 5.92 Å². The summed E-state index contributed by atoms with van der Waals surface area (Å²) in [6, 6.07) is 2.51. The first-order valence-electron chi connectivity index (χ1n) is 11.5. The summed E-state index contributed by atoms with van der Waals surface area (Å²) in [5.74, 6) is 1.10. The minimum absolute atomic E-state index is 0.102. The SMILES string of the molecule is CN(CC(=O)N1CCC(c2cc(C(=O)N3CCCC4CCCCC43)cs2)CC1)C(=O)O. The van der Waals surface area contributed by atoms with Gasteiger partial charge in [0.05, 0.1) is 5.56 Å². The van der Waals surface area contributed by atoms with Crippen molar-refractivity contribution in [1.29, 1.82) is 0 Å². The third-order valence-electron chi connectivity index (χ3n) is 7.32. The molecule has 0 spiro atoms. The Morgan fingerprint density at radius 3 is 2.52 bits per heavy atom. The molecule has 2 saturated heterocycles. The Labute approximate surface area is 188 Å². The number of nitrogens with zero attached hydrogens (tertiary/aromatic N) is 3. The molecular weight excluding hydrogens is 414 g/mol. The Bertz CT molecular complexity index is 815. The van der Waals surface area contributed by atoms with Crippen molar-refractivity contribution in [2.45, 2.75) is 63.3 Å². The van der Waals surface area contributed by atoms with E-state index >= 15 is 0 Å². The normalized spacial score (nSPS) is 24.5. The molecule has 31 heavy (non-hydrogen) atoms. The lowest BCUT2D eigenvalue weighted by Crippen LogP contribution is -2.49. The predicted octanol–water partition coefficient (Wildman–Crippen LogP) is 3.86. The van der Waals surface area contributed by atoms with E-state index in [2.05, 4.69) is 11.0 Å². The van der Waals surface area contributed by atoms with Crippen LogP contribution in [0.2, 0.25) is 0 Å². The first kappa shape index (κ1) is 22.1. The van der Waals surface area contributed by atoms with Crippen LogP contribution in [0.4, 0.5) is 4.79 Å². The molecule has 0 aromatic carbocycles. The van der Waals surface area contributed by atoms with Crippen molar-refractivity contribution < 1.29 is 19.5 Å². The molecule has 0 radical (unpaired) electrons. The van der Waals surface area contributed by atoms with Crippen molar-refractivity contribution >= 4 is 29.2 Å². The van der Waals surface area contributed by atoms with Gasteiger partial charge in [-0.25, -0.2) is 4.79 Å². The van der Waals surface area contributed by atoms with Gasteiger partial charge >= 0.3 is 6.09 Å². The van der Waals surface area contributed by atoms with Gasteiger partial charge in [-0.1, -0.05) is 12.8 Å². The van der Waals surface area contributed by atoms with Crippen LogP contribution in [0.1, 0.15) is 72.5 Å². The fourth-order valence-electron chi connectivity index (χ4n) is 5.51. The van der Waals surface area contributed by atoms with Crippen LogP contribution in [0.15, 0.2) is 11.4 Å². The molecule has 7 nitrogen and oxygen atoms in total. The number of carbonyl (C=O) groups excluding carboxylic acids is 2. The van der Waals surface area contributed by atoms with Crippen LogP contribution in [0.3, 0.4) is 0 Å². The Balaban J connectivity index is 1.33. The number of rotatable bonds is 4. The van der Waals surface area contributed by atoms with E-state index in [1.807, 2.05) is 5.38 Å². The van der Waals surface area contributed by atoms with Gasteiger partial charge in [-0.05, 0) is 56.4 Å². The molecule has 1 aromatic rings. The smallest absolute Gasteiger partial charge is 0.407 e. The van der Waals surface area contributed by atoms with Crippen LogP contribution >= 0.6 is 11.3 Å². The zero-order chi connectivity index (χ0) is 22.0. The molecule has 2 aliphatic heterocycles. The average Bonchev–Trinajstić information content (AvgIpc) is 3.28. The highest BCUT2D eigenvalue weighted by Gasteiger charge is 2.36. The molecule has 1 N–H and O–H groups in total. The van der Waals surface area contributed by atoms with E-state index < -0.39 is 6.09 Å². The number of likely N-dealkylation sites (tertiary alicyclic amines) is 2. The van der Waals surface area contributed by atoms with E-state index in [-0.39, 0.29) is 18.4 Å². The molecule has 3 heterocycles. The predicted molar refractivity (Wildman–Crippen MR) is 120 cm³/mol. The van der Waals surface area contributed by atoms with Crippen LogP contribution in [0, 0.1) is 5.92 Å². The van der Waals surface area contributed by atoms with Crippen LogP contribution in [-0.4, -0.2) is 77.0 Å². The number of hydrogen-bond donors (Lipinski definition) is 1. The molecule has 1 saturated carbocycles. The Kier molecular flexibility index (Phi) is 6.84. The number of hydrogen-bond acceptors (Lipinski definition) is 4. The molecule has 4 rings (SSSR count). The van der Waals surface area contributed by atoms with Crippen molar-refractivity contribution in [3.05, 3.63) is 21.9 Å². The second-order valence-corrected chi connectivity index (χ2v) is 10.2. The first-order chi connectivity index (χ1) is 14.9. The molecule has 170 valence electrons. The fourth-order valence-corrected chi connectivity index (χ4v) is 6.56. The summed E-state index contributed by atoms with van der Waals surface area (Å²) in [5.41, 5.74) is 0.827. The maximum absolute atomic E-state index is 13.3. The van der Waals surface area contributed by atoms with Gasteiger partial charge in [0.2, 0.25) is 5.91 Å². The fraction of sp³-hybridized carbons (Fsp3) is 0.696. The number of thiophene rings is 1. The van der Waals surface area contributed by atoms with Gasteiger partial charge in [0.25, 0.3) is 5.91 Å². The minimum atomic E-state index is -1.09. The highest BCUT2D eigenvalue weighted by Crippen LogP contribution is 2.37. The van der Waals surface area contributed by atoms with Gasteiger partial charge in [-0.15, -0.1) is 11.3 Å². The number of carbonyl (C=O) groups is 3. The molecule has 3 amide bonds. The highest BCUT2D eigenvalue weighted by molar-refractivity contribution is 7.10. The maximum Gasteiger partial charge on any atom is 0.407 e. The zero-order valence-electron chi connectivity index (χ0n) is 18.3. The van der Waals surface area contributed by atoms with E-state index in [4.69, 9.17) is 5.11 Å². The zero-order valence-corrected chi connectivity index (χ0v) is 19.1. The summed E-state index contributed by atoms with van der Waals surface area (Å²) in [6.45, 7) is 2.05. The van der Waals surface area contributed by atoms with Crippen LogP contribution in [0.5, 0.6) is 0 Å². The van der Waals surface area contributed by atoms with Gasteiger partial charge in [0.1, 0.15) is 6.54 Å². The van der Waals surface area contributed by atoms with Crippen molar-refractivity contribution in [3.63, 3.8) is 0 Å². The van der Waals surface area contributed by atoms with Crippen LogP contribution in [-0.2, 0) is 4.79 Å². The molecule has 0 bridgehead atoms. The first-order valence-corrected chi connectivity index (χ1v) is 12.4. The van der Waals surface area contributed by atoms with E-state index in [0.717, 1.165) is 42.7 Å². The number of carboxylic acid groups (broad SMARTS) is 1.